The van der Waals surface area contributed by atoms with E-state index >= 15 is 0 Å². The molecule has 9 nitrogen and oxygen atoms in total. The van der Waals surface area contributed by atoms with Crippen LogP contribution in [0.4, 0.5) is 5.82 Å². The lowest BCUT2D eigenvalue weighted by Gasteiger charge is -2.08. The maximum atomic E-state index is 12.8. The third kappa shape index (κ3) is 3.28. The first-order chi connectivity index (χ1) is 14.7. The van der Waals surface area contributed by atoms with Crippen LogP contribution in [0.5, 0.6) is 0 Å². The van der Waals surface area contributed by atoms with Crippen molar-refractivity contribution in [3.63, 3.8) is 0 Å². The molecule has 146 valence electrons. The lowest BCUT2D eigenvalue weighted by atomic mass is 10.3. The van der Waals surface area contributed by atoms with Crippen LogP contribution in [0.1, 0.15) is 16.2 Å². The number of rotatable bonds is 4. The summed E-state index contributed by atoms with van der Waals surface area (Å²) in [5.74, 6) is 0.593. The summed E-state index contributed by atoms with van der Waals surface area (Å²) in [6, 6.07) is 11.1. The van der Waals surface area contributed by atoms with Gasteiger partial charge in [0, 0.05) is 36.7 Å². The van der Waals surface area contributed by atoms with Crippen LogP contribution in [0.2, 0.25) is 0 Å². The van der Waals surface area contributed by atoms with E-state index in [-0.39, 0.29) is 11.6 Å². The Labute approximate surface area is 171 Å². The van der Waals surface area contributed by atoms with E-state index in [1.807, 2.05) is 58.6 Å². The molecule has 0 spiro atoms. The highest BCUT2D eigenvalue weighted by atomic mass is 16.2. The predicted molar refractivity (Wildman–Crippen MR) is 110 cm³/mol. The zero-order valence-electron chi connectivity index (χ0n) is 16.0. The van der Waals surface area contributed by atoms with E-state index in [1.54, 1.807) is 24.7 Å². The molecule has 0 atom stereocenters. The fraction of sp³-hybridized carbons (Fsp3) is 0.0476. The number of pyridine rings is 2. The SMILES string of the molecule is Cc1cccc(-c2nc(C(=O)Nc3ccncn3)cn2-c2ccc3nccn3c2)n1. The Bertz CT molecular complexity index is 1360. The van der Waals surface area contributed by atoms with E-state index in [1.165, 1.54) is 6.33 Å². The van der Waals surface area contributed by atoms with E-state index in [2.05, 4.69) is 30.2 Å². The number of carbonyl (C=O) groups excluding carboxylic acids is 1. The van der Waals surface area contributed by atoms with E-state index in [4.69, 9.17) is 0 Å². The van der Waals surface area contributed by atoms with Gasteiger partial charge in [0.1, 0.15) is 29.2 Å². The third-order valence-electron chi connectivity index (χ3n) is 4.53. The van der Waals surface area contributed by atoms with E-state index in [9.17, 15) is 4.79 Å². The maximum Gasteiger partial charge on any atom is 0.277 e. The zero-order valence-corrected chi connectivity index (χ0v) is 16.0. The van der Waals surface area contributed by atoms with E-state index < -0.39 is 0 Å². The van der Waals surface area contributed by atoms with Crippen molar-refractivity contribution in [2.24, 2.45) is 0 Å². The van der Waals surface area contributed by atoms with Crippen LogP contribution in [-0.2, 0) is 0 Å². The Morgan fingerprint density at radius 2 is 1.93 bits per heavy atom. The van der Waals surface area contributed by atoms with Crippen molar-refractivity contribution in [1.29, 1.82) is 0 Å². The van der Waals surface area contributed by atoms with Gasteiger partial charge in [-0.2, -0.15) is 0 Å². The van der Waals surface area contributed by atoms with E-state index in [0.29, 0.717) is 17.3 Å². The summed E-state index contributed by atoms with van der Waals surface area (Å²) in [4.78, 5) is 34.1. The van der Waals surface area contributed by atoms with Crippen LogP contribution >= 0.6 is 0 Å². The molecule has 5 aromatic heterocycles. The molecule has 9 heteroatoms. The number of amides is 1. The summed E-state index contributed by atoms with van der Waals surface area (Å²) < 4.78 is 3.75. The fourth-order valence-electron chi connectivity index (χ4n) is 3.13. The Hall–Kier alpha value is -4.40. The molecule has 30 heavy (non-hydrogen) atoms. The lowest BCUT2D eigenvalue weighted by molar-refractivity contribution is 0.102. The molecule has 5 rings (SSSR count). The number of anilines is 1. The number of aryl methyl sites for hydroxylation is 1. The van der Waals surface area contributed by atoms with E-state index in [0.717, 1.165) is 17.0 Å². The average Bonchev–Trinajstić information content (AvgIpc) is 3.41. The van der Waals surface area contributed by atoms with Crippen LogP contribution in [0.3, 0.4) is 0 Å². The molecular formula is C21H16N8O. The number of carbonyl (C=O) groups is 1. The largest absolute Gasteiger partial charge is 0.305 e. The van der Waals surface area contributed by atoms with Gasteiger partial charge in [0.2, 0.25) is 0 Å². The molecule has 0 saturated heterocycles. The molecule has 0 aliphatic heterocycles. The Morgan fingerprint density at radius 3 is 2.77 bits per heavy atom. The van der Waals surface area contributed by atoms with Crippen molar-refractivity contribution in [1.82, 2.24) is 33.9 Å². The first kappa shape index (κ1) is 17.7. The number of imidazole rings is 2. The Kier molecular flexibility index (Phi) is 4.25. The summed E-state index contributed by atoms with van der Waals surface area (Å²) >= 11 is 0. The highest BCUT2D eigenvalue weighted by Crippen LogP contribution is 2.23. The highest BCUT2D eigenvalue weighted by Gasteiger charge is 2.18. The molecular weight excluding hydrogens is 380 g/mol. The first-order valence-corrected chi connectivity index (χ1v) is 9.21. The van der Waals surface area contributed by atoms with Crippen molar-refractivity contribution in [2.45, 2.75) is 6.92 Å². The average molecular weight is 396 g/mol. The van der Waals surface area contributed by atoms with Gasteiger partial charge in [-0.1, -0.05) is 6.07 Å². The molecule has 5 heterocycles. The van der Waals surface area contributed by atoms with Gasteiger partial charge in [-0.05, 0) is 37.3 Å². The minimum absolute atomic E-state index is 0.248. The second kappa shape index (κ2) is 7.21. The molecule has 0 fully saturated rings. The van der Waals surface area contributed by atoms with Gasteiger partial charge in [0.25, 0.3) is 5.91 Å². The number of nitrogens with zero attached hydrogens (tertiary/aromatic N) is 7. The molecule has 1 N–H and O–H groups in total. The lowest BCUT2D eigenvalue weighted by Crippen LogP contribution is -2.13. The van der Waals surface area contributed by atoms with Crippen LogP contribution in [-0.4, -0.2) is 39.8 Å². The number of nitrogens with one attached hydrogen (secondary N) is 1. The van der Waals surface area contributed by atoms with Gasteiger partial charge >= 0.3 is 0 Å². The van der Waals surface area contributed by atoms with Gasteiger partial charge in [0.15, 0.2) is 5.82 Å². The summed E-state index contributed by atoms with van der Waals surface area (Å²) in [7, 11) is 0. The number of aromatic nitrogens is 7. The third-order valence-corrected chi connectivity index (χ3v) is 4.53. The maximum absolute atomic E-state index is 12.8. The minimum Gasteiger partial charge on any atom is -0.305 e. The predicted octanol–water partition coefficient (Wildman–Crippen LogP) is 2.93. The second-order valence-electron chi connectivity index (χ2n) is 6.61. The topological polar surface area (TPSA) is 103 Å². The Morgan fingerprint density at radius 1 is 1.00 bits per heavy atom. The summed E-state index contributed by atoms with van der Waals surface area (Å²) in [6.07, 6.45) is 10.1. The standard InChI is InChI=1S/C21H16N8O/c1-14-3-2-4-16(25-14)20-26-17(21(30)27-18-7-8-22-13-24-18)12-29(20)15-5-6-19-23-9-10-28(19)11-15/h2-13H,1H3,(H,22,24,27,30). The molecule has 0 aliphatic carbocycles. The van der Waals surface area contributed by atoms with Crippen LogP contribution in [0.25, 0.3) is 22.9 Å². The summed E-state index contributed by atoms with van der Waals surface area (Å²) in [5.41, 5.74) is 3.43. The molecule has 0 bridgehead atoms. The van der Waals surface area contributed by atoms with Gasteiger partial charge in [0.05, 0.1) is 5.69 Å². The van der Waals surface area contributed by atoms with Gasteiger partial charge in [-0.25, -0.2) is 24.9 Å². The van der Waals surface area contributed by atoms with Crippen LogP contribution < -0.4 is 5.32 Å². The van der Waals surface area contributed by atoms with Gasteiger partial charge < -0.3 is 9.72 Å². The van der Waals surface area contributed by atoms with Crippen LogP contribution in [0.15, 0.2) is 73.7 Å². The monoisotopic (exact) mass is 396 g/mol. The molecule has 5 aromatic rings. The number of hydrogen-bond acceptors (Lipinski definition) is 6. The smallest absolute Gasteiger partial charge is 0.277 e. The van der Waals surface area contributed by atoms with Crippen molar-refractivity contribution in [3.05, 3.63) is 85.1 Å². The molecule has 0 aromatic carbocycles. The number of hydrogen-bond donors (Lipinski definition) is 1. The van der Waals surface area contributed by atoms with Gasteiger partial charge in [-0.15, -0.1) is 0 Å². The number of fused-ring (bicyclic) bond motifs is 1. The van der Waals surface area contributed by atoms with Crippen LogP contribution in [0, 0.1) is 6.92 Å². The summed E-state index contributed by atoms with van der Waals surface area (Å²) in [6.45, 7) is 1.91. The summed E-state index contributed by atoms with van der Waals surface area (Å²) in [5, 5.41) is 2.74. The Balaban J connectivity index is 1.61. The first-order valence-electron chi connectivity index (χ1n) is 9.21. The minimum atomic E-state index is -0.370. The van der Waals surface area contributed by atoms with Crippen molar-refractivity contribution in [3.8, 4) is 17.2 Å². The molecule has 1 amide bonds. The van der Waals surface area contributed by atoms with Crippen molar-refractivity contribution >= 4 is 17.4 Å². The van der Waals surface area contributed by atoms with Crippen molar-refractivity contribution in [2.75, 3.05) is 5.32 Å². The van der Waals surface area contributed by atoms with Gasteiger partial charge in [-0.3, -0.25) is 9.36 Å². The normalized spacial score (nSPS) is 11.0. The fourth-order valence-corrected chi connectivity index (χ4v) is 3.13. The second-order valence-corrected chi connectivity index (χ2v) is 6.61. The quantitative estimate of drug-likeness (QED) is 0.501. The highest BCUT2D eigenvalue weighted by molar-refractivity contribution is 6.02. The molecule has 0 aliphatic rings. The van der Waals surface area contributed by atoms with Crippen molar-refractivity contribution < 1.29 is 4.79 Å². The molecule has 0 radical (unpaired) electrons. The zero-order chi connectivity index (χ0) is 20.5. The molecule has 0 unspecified atom stereocenters. The molecule has 0 saturated carbocycles.